The number of hydrogen-bond donors (Lipinski definition) is 1. The molecule has 0 aromatic heterocycles. The number of rotatable bonds is 1. The zero-order valence-electron chi connectivity index (χ0n) is 10.4. The number of benzene rings is 2. The minimum Gasteiger partial charge on any atom is -0.398 e. The molecule has 0 fully saturated rings. The van der Waals surface area contributed by atoms with E-state index < -0.39 is 11.7 Å². The van der Waals surface area contributed by atoms with Crippen LogP contribution in [-0.2, 0) is 6.18 Å². The van der Waals surface area contributed by atoms with Gasteiger partial charge in [0.2, 0.25) is 0 Å². The van der Waals surface area contributed by atoms with Crippen LogP contribution in [0.3, 0.4) is 0 Å². The Morgan fingerprint density at radius 1 is 0.950 bits per heavy atom. The molecule has 0 aliphatic carbocycles. The molecule has 0 heterocycles. The van der Waals surface area contributed by atoms with Crippen molar-refractivity contribution >= 4 is 28.9 Å². The first kappa shape index (κ1) is 15.0. The van der Waals surface area contributed by atoms with Gasteiger partial charge >= 0.3 is 6.18 Å². The number of nitrogen functional groups attached to an aromatic ring is 1. The fourth-order valence-corrected chi connectivity index (χ4v) is 2.17. The molecule has 0 aliphatic heterocycles. The molecule has 0 spiro atoms. The van der Waals surface area contributed by atoms with E-state index in [0.717, 1.165) is 6.07 Å². The predicted molar refractivity (Wildman–Crippen MR) is 76.0 cm³/mol. The fourth-order valence-electron chi connectivity index (χ4n) is 1.87. The van der Waals surface area contributed by atoms with Gasteiger partial charge in [0.25, 0.3) is 0 Å². The molecule has 0 saturated carbocycles. The van der Waals surface area contributed by atoms with Crippen molar-refractivity contribution in [1.29, 1.82) is 0 Å². The molecule has 0 unspecified atom stereocenters. The van der Waals surface area contributed by atoms with Gasteiger partial charge in [-0.1, -0.05) is 29.3 Å². The highest BCUT2D eigenvalue weighted by molar-refractivity contribution is 6.42. The molecule has 0 atom stereocenters. The molecular formula is C14H10Cl2F3N. The molecule has 1 nitrogen and oxygen atoms in total. The Morgan fingerprint density at radius 2 is 1.60 bits per heavy atom. The van der Waals surface area contributed by atoms with Crippen LogP contribution in [0.15, 0.2) is 30.3 Å². The largest absolute Gasteiger partial charge is 0.416 e. The Kier molecular flexibility index (Phi) is 3.89. The Balaban J connectivity index is 2.63. The summed E-state index contributed by atoms with van der Waals surface area (Å²) in [6, 6.07) is 7.19. The molecule has 2 aromatic carbocycles. The lowest BCUT2D eigenvalue weighted by atomic mass is 9.98. The van der Waals surface area contributed by atoms with Crippen LogP contribution in [0, 0.1) is 6.92 Å². The van der Waals surface area contributed by atoms with Gasteiger partial charge in [0.15, 0.2) is 0 Å². The maximum absolute atomic E-state index is 13.0. The van der Waals surface area contributed by atoms with Crippen molar-refractivity contribution in [3.8, 4) is 11.1 Å². The van der Waals surface area contributed by atoms with Crippen LogP contribution in [-0.4, -0.2) is 0 Å². The number of alkyl halides is 3. The summed E-state index contributed by atoms with van der Waals surface area (Å²) >= 11 is 11.7. The lowest BCUT2D eigenvalue weighted by Crippen LogP contribution is -2.09. The Labute approximate surface area is 124 Å². The van der Waals surface area contributed by atoms with Crippen LogP contribution in [0.5, 0.6) is 0 Å². The number of nitrogens with two attached hydrogens (primary N) is 1. The summed E-state index contributed by atoms with van der Waals surface area (Å²) in [7, 11) is 0. The van der Waals surface area contributed by atoms with E-state index in [1.54, 1.807) is 6.07 Å². The Hall–Kier alpha value is -1.39. The van der Waals surface area contributed by atoms with Crippen LogP contribution < -0.4 is 5.73 Å². The molecule has 20 heavy (non-hydrogen) atoms. The summed E-state index contributed by atoms with van der Waals surface area (Å²) in [5.41, 5.74) is 5.88. The Morgan fingerprint density at radius 3 is 2.15 bits per heavy atom. The van der Waals surface area contributed by atoms with Crippen molar-refractivity contribution in [2.75, 3.05) is 5.73 Å². The second kappa shape index (κ2) is 5.19. The second-order valence-corrected chi connectivity index (χ2v) is 5.18. The first-order valence-electron chi connectivity index (χ1n) is 5.63. The van der Waals surface area contributed by atoms with Crippen molar-refractivity contribution in [3.63, 3.8) is 0 Å². The predicted octanol–water partition coefficient (Wildman–Crippen LogP) is 5.57. The van der Waals surface area contributed by atoms with Crippen LogP contribution in [0.25, 0.3) is 11.1 Å². The van der Waals surface area contributed by atoms with Gasteiger partial charge < -0.3 is 5.73 Å². The molecule has 0 saturated heterocycles. The normalized spacial score (nSPS) is 11.7. The molecular weight excluding hydrogens is 310 g/mol. The van der Waals surface area contributed by atoms with E-state index in [2.05, 4.69) is 0 Å². The maximum atomic E-state index is 13.0. The van der Waals surface area contributed by atoms with Crippen molar-refractivity contribution < 1.29 is 13.2 Å². The van der Waals surface area contributed by atoms with E-state index in [-0.39, 0.29) is 16.3 Å². The molecule has 0 amide bonds. The van der Waals surface area contributed by atoms with Gasteiger partial charge in [0, 0.05) is 5.69 Å². The number of halogens is 5. The molecule has 2 aromatic rings. The lowest BCUT2D eigenvalue weighted by molar-refractivity contribution is -0.137. The molecule has 2 rings (SSSR count). The van der Waals surface area contributed by atoms with Gasteiger partial charge in [-0.15, -0.1) is 0 Å². The minimum absolute atomic E-state index is 0.0151. The zero-order valence-corrected chi connectivity index (χ0v) is 11.9. The van der Waals surface area contributed by atoms with Crippen molar-refractivity contribution in [2.45, 2.75) is 13.1 Å². The highest BCUT2D eigenvalue weighted by Crippen LogP contribution is 2.38. The smallest absolute Gasteiger partial charge is 0.398 e. The topological polar surface area (TPSA) is 26.0 Å². The van der Waals surface area contributed by atoms with Crippen LogP contribution >= 0.6 is 23.2 Å². The van der Waals surface area contributed by atoms with Crippen LogP contribution in [0.1, 0.15) is 11.1 Å². The summed E-state index contributed by atoms with van der Waals surface area (Å²) in [5.74, 6) is 0. The van der Waals surface area contributed by atoms with E-state index in [4.69, 9.17) is 28.9 Å². The minimum atomic E-state index is -4.45. The van der Waals surface area contributed by atoms with Gasteiger partial charge in [0.1, 0.15) is 0 Å². The molecule has 0 aliphatic rings. The fraction of sp³-hybridized carbons (Fsp3) is 0.143. The van der Waals surface area contributed by atoms with Gasteiger partial charge in [-0.2, -0.15) is 13.2 Å². The number of hydrogen-bond acceptors (Lipinski definition) is 1. The third kappa shape index (κ3) is 2.86. The van der Waals surface area contributed by atoms with Gasteiger partial charge in [-0.3, -0.25) is 0 Å². The molecule has 106 valence electrons. The van der Waals surface area contributed by atoms with E-state index in [9.17, 15) is 13.2 Å². The molecule has 0 bridgehead atoms. The number of anilines is 1. The first-order chi connectivity index (χ1) is 9.20. The summed E-state index contributed by atoms with van der Waals surface area (Å²) < 4.78 is 38.9. The van der Waals surface area contributed by atoms with Gasteiger partial charge in [-0.05, 0) is 47.9 Å². The highest BCUT2D eigenvalue weighted by atomic mass is 35.5. The first-order valence-corrected chi connectivity index (χ1v) is 6.38. The third-order valence-electron chi connectivity index (χ3n) is 3.01. The molecule has 2 N–H and O–H groups in total. The molecule has 0 radical (unpaired) electrons. The third-order valence-corrected chi connectivity index (χ3v) is 3.75. The quantitative estimate of drug-likeness (QED) is 0.683. The summed E-state index contributed by atoms with van der Waals surface area (Å²) in [6.07, 6.45) is -4.45. The summed E-state index contributed by atoms with van der Waals surface area (Å²) in [6.45, 7) is 1.34. The standard InChI is InChI=1S/C14H10Cl2F3N/c1-7-10(14(17,18)19)4-9(6-13(7)20)8-2-3-11(15)12(16)5-8/h2-6H,20H2,1H3. The summed E-state index contributed by atoms with van der Waals surface area (Å²) in [4.78, 5) is 0. The summed E-state index contributed by atoms with van der Waals surface area (Å²) in [5, 5.41) is 0.614. The van der Waals surface area contributed by atoms with Gasteiger partial charge in [0.05, 0.1) is 15.6 Å². The average molecular weight is 320 g/mol. The van der Waals surface area contributed by atoms with Crippen LogP contribution in [0.4, 0.5) is 18.9 Å². The van der Waals surface area contributed by atoms with E-state index in [1.807, 2.05) is 0 Å². The van der Waals surface area contributed by atoms with E-state index in [0.29, 0.717) is 16.1 Å². The lowest BCUT2D eigenvalue weighted by Gasteiger charge is -2.15. The molecule has 6 heteroatoms. The SMILES string of the molecule is Cc1c(N)cc(-c2ccc(Cl)c(Cl)c2)cc1C(F)(F)F. The average Bonchev–Trinajstić information content (AvgIpc) is 2.34. The highest BCUT2D eigenvalue weighted by Gasteiger charge is 2.33. The van der Waals surface area contributed by atoms with Crippen LogP contribution in [0.2, 0.25) is 10.0 Å². The zero-order chi connectivity index (χ0) is 15.1. The Bertz CT molecular complexity index is 666. The maximum Gasteiger partial charge on any atom is 0.416 e. The second-order valence-electron chi connectivity index (χ2n) is 4.36. The van der Waals surface area contributed by atoms with Crippen molar-refractivity contribution in [2.24, 2.45) is 0 Å². The van der Waals surface area contributed by atoms with Crippen molar-refractivity contribution in [3.05, 3.63) is 51.5 Å². The van der Waals surface area contributed by atoms with Gasteiger partial charge in [-0.25, -0.2) is 0 Å². The van der Waals surface area contributed by atoms with E-state index in [1.165, 1.54) is 25.1 Å². The van der Waals surface area contributed by atoms with E-state index >= 15 is 0 Å². The monoisotopic (exact) mass is 319 g/mol. The van der Waals surface area contributed by atoms with Crippen molar-refractivity contribution in [1.82, 2.24) is 0 Å².